The topological polar surface area (TPSA) is 90.2 Å². The van der Waals surface area contributed by atoms with Crippen molar-refractivity contribution in [3.8, 4) is 0 Å². The van der Waals surface area contributed by atoms with E-state index in [-0.39, 0.29) is 12.3 Å². The molecule has 1 aliphatic heterocycles. The van der Waals surface area contributed by atoms with Crippen molar-refractivity contribution in [1.29, 1.82) is 0 Å². The molecule has 1 aromatic rings. The lowest BCUT2D eigenvalue weighted by Gasteiger charge is -1.98. The highest BCUT2D eigenvalue weighted by molar-refractivity contribution is 6.13. The first-order valence-corrected chi connectivity index (χ1v) is 4.30. The molecule has 15 heavy (non-hydrogen) atoms. The highest BCUT2D eigenvalue weighted by atomic mass is 16.2. The van der Waals surface area contributed by atoms with Gasteiger partial charge < -0.3 is 0 Å². The van der Waals surface area contributed by atoms with Crippen LogP contribution in [0, 0.1) is 0 Å². The second kappa shape index (κ2) is 3.81. The molecule has 0 saturated heterocycles. The highest BCUT2D eigenvalue weighted by Crippen LogP contribution is 2.17. The molecule has 0 unspecified atom stereocenters. The van der Waals surface area contributed by atoms with E-state index >= 15 is 0 Å². The summed E-state index contributed by atoms with van der Waals surface area (Å²) < 4.78 is 0. The van der Waals surface area contributed by atoms with E-state index in [9.17, 15) is 4.79 Å². The number of azide groups is 1. The van der Waals surface area contributed by atoms with Crippen molar-refractivity contribution in [2.24, 2.45) is 10.2 Å². The smallest absolute Gasteiger partial charge is 0.246 e. The number of carbonyl (C=O) groups is 1. The quantitative estimate of drug-likeness (QED) is 0.441. The average Bonchev–Trinajstić information content (AvgIpc) is 2.66. The van der Waals surface area contributed by atoms with E-state index in [0.717, 1.165) is 5.56 Å². The Morgan fingerprint density at radius 2 is 2.40 bits per heavy atom. The molecule has 0 atom stereocenters. The Kier molecular flexibility index (Phi) is 2.35. The lowest BCUT2D eigenvalue weighted by Crippen LogP contribution is -2.09. The molecule has 0 aliphatic carbocycles. The molecule has 74 valence electrons. The van der Waals surface area contributed by atoms with Crippen LogP contribution in [0.5, 0.6) is 0 Å². The number of benzene rings is 1. The van der Waals surface area contributed by atoms with E-state index in [1.165, 1.54) is 0 Å². The summed E-state index contributed by atoms with van der Waals surface area (Å²) in [7, 11) is 0. The van der Waals surface area contributed by atoms with Gasteiger partial charge in [0.25, 0.3) is 0 Å². The Morgan fingerprint density at radius 1 is 1.53 bits per heavy atom. The fourth-order valence-corrected chi connectivity index (χ4v) is 1.33. The molecule has 1 heterocycles. The molecular weight excluding hydrogens is 194 g/mol. The van der Waals surface area contributed by atoms with Crippen molar-refractivity contribution in [1.82, 2.24) is 5.43 Å². The van der Waals surface area contributed by atoms with Crippen LogP contribution in [-0.2, 0) is 4.79 Å². The minimum absolute atomic E-state index is 0.126. The zero-order valence-corrected chi connectivity index (χ0v) is 7.71. The van der Waals surface area contributed by atoms with Crippen molar-refractivity contribution in [2.75, 3.05) is 0 Å². The maximum Gasteiger partial charge on any atom is 0.246 e. The van der Waals surface area contributed by atoms with Gasteiger partial charge >= 0.3 is 0 Å². The molecule has 0 bridgehead atoms. The first-order valence-electron chi connectivity index (χ1n) is 4.30. The number of nitrogens with one attached hydrogen (secondary N) is 1. The number of carbonyl (C=O) groups excluding carboxylic acids is 1. The maximum atomic E-state index is 10.9. The van der Waals surface area contributed by atoms with Gasteiger partial charge in [0, 0.05) is 10.6 Å². The van der Waals surface area contributed by atoms with E-state index in [0.29, 0.717) is 11.4 Å². The highest BCUT2D eigenvalue weighted by Gasteiger charge is 2.15. The van der Waals surface area contributed by atoms with Gasteiger partial charge in [0.1, 0.15) is 0 Å². The summed E-state index contributed by atoms with van der Waals surface area (Å²) in [5.74, 6) is -0.126. The molecule has 0 radical (unpaired) electrons. The van der Waals surface area contributed by atoms with Gasteiger partial charge in [-0.3, -0.25) is 4.79 Å². The molecule has 0 fully saturated rings. The minimum Gasteiger partial charge on any atom is -0.273 e. The van der Waals surface area contributed by atoms with Crippen LogP contribution in [0.15, 0.2) is 34.5 Å². The molecule has 0 aromatic heterocycles. The zero-order chi connectivity index (χ0) is 10.7. The first-order chi connectivity index (χ1) is 7.29. The molecule has 6 heteroatoms. The Balaban J connectivity index is 2.33. The predicted octanol–water partition coefficient (Wildman–Crippen LogP) is 1.85. The van der Waals surface area contributed by atoms with Gasteiger partial charge in [0.05, 0.1) is 12.1 Å². The van der Waals surface area contributed by atoms with Crippen LogP contribution < -0.4 is 5.43 Å². The van der Waals surface area contributed by atoms with Crippen molar-refractivity contribution in [3.05, 3.63) is 40.3 Å². The summed E-state index contributed by atoms with van der Waals surface area (Å²) in [6.07, 6.45) is 0.264. The van der Waals surface area contributed by atoms with Crippen LogP contribution in [0.25, 0.3) is 10.4 Å². The average molecular weight is 201 g/mol. The van der Waals surface area contributed by atoms with Gasteiger partial charge in [0.15, 0.2) is 0 Å². The van der Waals surface area contributed by atoms with Gasteiger partial charge in [-0.2, -0.15) is 5.10 Å². The number of hydrogen-bond donors (Lipinski definition) is 1. The van der Waals surface area contributed by atoms with Crippen LogP contribution in [0.3, 0.4) is 0 Å². The Hall–Kier alpha value is -2.33. The predicted molar refractivity (Wildman–Crippen MR) is 54.5 cm³/mol. The van der Waals surface area contributed by atoms with Crippen molar-refractivity contribution in [2.45, 2.75) is 6.42 Å². The van der Waals surface area contributed by atoms with Gasteiger partial charge in [0.2, 0.25) is 5.91 Å². The van der Waals surface area contributed by atoms with E-state index < -0.39 is 0 Å². The Bertz CT molecular complexity index is 487. The van der Waals surface area contributed by atoms with Crippen molar-refractivity contribution < 1.29 is 4.79 Å². The molecule has 1 aromatic carbocycles. The van der Waals surface area contributed by atoms with Crippen LogP contribution in [-0.4, -0.2) is 11.6 Å². The number of hydrazone groups is 1. The van der Waals surface area contributed by atoms with E-state index in [2.05, 4.69) is 20.6 Å². The standard InChI is InChI=1S/C9H7N5O/c10-14-11-7-3-1-2-6(4-7)8-5-9(15)13-12-8/h1-4H,5H2,(H,13,15). The van der Waals surface area contributed by atoms with Gasteiger partial charge in [-0.15, -0.1) is 0 Å². The molecule has 1 amide bonds. The second-order valence-electron chi connectivity index (χ2n) is 3.01. The SMILES string of the molecule is [N-]=[N+]=Nc1cccc(C2=NNC(=O)C2)c1. The summed E-state index contributed by atoms with van der Waals surface area (Å²) in [6, 6.07) is 6.95. The zero-order valence-electron chi connectivity index (χ0n) is 7.71. The van der Waals surface area contributed by atoms with Crippen LogP contribution in [0.4, 0.5) is 5.69 Å². The third kappa shape index (κ3) is 1.95. The third-order valence-electron chi connectivity index (χ3n) is 1.98. The summed E-state index contributed by atoms with van der Waals surface area (Å²) in [5.41, 5.74) is 12.6. The molecular formula is C9H7N5O. The molecule has 1 aliphatic rings. The fourth-order valence-electron chi connectivity index (χ4n) is 1.33. The normalized spacial score (nSPS) is 14.1. The maximum absolute atomic E-state index is 10.9. The van der Waals surface area contributed by atoms with E-state index in [1.54, 1.807) is 18.2 Å². The largest absolute Gasteiger partial charge is 0.273 e. The molecule has 0 spiro atoms. The number of amides is 1. The molecule has 1 N–H and O–H groups in total. The van der Waals surface area contributed by atoms with Crippen molar-refractivity contribution >= 4 is 17.3 Å². The van der Waals surface area contributed by atoms with Crippen LogP contribution in [0.1, 0.15) is 12.0 Å². The summed E-state index contributed by atoms with van der Waals surface area (Å²) in [4.78, 5) is 13.6. The Labute approximate surface area is 85.2 Å². The number of nitrogens with zero attached hydrogens (tertiary/aromatic N) is 4. The fraction of sp³-hybridized carbons (Fsp3) is 0.111. The van der Waals surface area contributed by atoms with Gasteiger partial charge in [-0.05, 0) is 17.2 Å². The van der Waals surface area contributed by atoms with Crippen LogP contribution in [0.2, 0.25) is 0 Å². The lowest BCUT2D eigenvalue weighted by molar-refractivity contribution is -0.119. The minimum atomic E-state index is -0.126. The molecule has 2 rings (SSSR count). The monoisotopic (exact) mass is 201 g/mol. The van der Waals surface area contributed by atoms with E-state index in [4.69, 9.17) is 5.53 Å². The number of rotatable bonds is 2. The summed E-state index contributed by atoms with van der Waals surface area (Å²) in [5, 5.41) is 7.35. The third-order valence-corrected chi connectivity index (χ3v) is 1.98. The second-order valence-corrected chi connectivity index (χ2v) is 3.01. The van der Waals surface area contributed by atoms with Crippen LogP contribution >= 0.6 is 0 Å². The Morgan fingerprint density at radius 3 is 3.07 bits per heavy atom. The number of hydrogen-bond acceptors (Lipinski definition) is 3. The van der Waals surface area contributed by atoms with E-state index in [1.807, 2.05) is 6.07 Å². The molecule has 0 saturated carbocycles. The molecule has 6 nitrogen and oxygen atoms in total. The van der Waals surface area contributed by atoms with Gasteiger partial charge in [-0.25, -0.2) is 5.43 Å². The first kappa shape index (κ1) is 9.23. The van der Waals surface area contributed by atoms with Crippen molar-refractivity contribution in [3.63, 3.8) is 0 Å². The lowest BCUT2D eigenvalue weighted by atomic mass is 10.1. The van der Waals surface area contributed by atoms with Gasteiger partial charge in [-0.1, -0.05) is 23.3 Å². The summed E-state index contributed by atoms with van der Waals surface area (Å²) in [6.45, 7) is 0. The summed E-state index contributed by atoms with van der Waals surface area (Å²) >= 11 is 0.